The second-order valence-electron chi connectivity index (χ2n) is 4.66. The molecule has 0 atom stereocenters. The quantitative estimate of drug-likeness (QED) is 0.761. The van der Waals surface area contributed by atoms with Crippen LogP contribution in [0.1, 0.15) is 16.8 Å². The second-order valence-corrected chi connectivity index (χ2v) is 6.43. The summed E-state index contributed by atoms with van der Waals surface area (Å²) in [5, 5.41) is 15.1. The van der Waals surface area contributed by atoms with E-state index >= 15 is 0 Å². The summed E-state index contributed by atoms with van der Waals surface area (Å²) in [4.78, 5) is 12.1. The van der Waals surface area contributed by atoms with E-state index in [4.69, 9.17) is 5.26 Å². The number of hydrogen-bond acceptors (Lipinski definition) is 5. The van der Waals surface area contributed by atoms with Crippen LogP contribution in [0.4, 0.5) is 5.82 Å². The highest BCUT2D eigenvalue weighted by atomic mass is 32.2. The predicted octanol–water partition coefficient (Wildman–Crippen LogP) is 0.864. The number of nitriles is 1. The van der Waals surface area contributed by atoms with Gasteiger partial charge in [-0.15, -0.1) is 0 Å². The summed E-state index contributed by atoms with van der Waals surface area (Å²) in [5.41, 5.74) is 0.312. The molecule has 0 fully saturated rings. The van der Waals surface area contributed by atoms with Crippen LogP contribution < -0.4 is 10.0 Å². The van der Waals surface area contributed by atoms with Gasteiger partial charge in [0.05, 0.1) is 11.0 Å². The van der Waals surface area contributed by atoms with E-state index in [-0.39, 0.29) is 23.8 Å². The standard InChI is InChI=1S/C14H15N5O3S/c1-19-10-7-13(18-19)17-14(20)11-3-5-12(6-4-11)23(21,22)16-9-2-8-15/h3-7,10,16H,2,9H2,1H3,(H,17,18,20). The molecular weight excluding hydrogens is 318 g/mol. The number of sulfonamides is 1. The van der Waals surface area contributed by atoms with Crippen molar-refractivity contribution in [2.24, 2.45) is 7.05 Å². The fourth-order valence-electron chi connectivity index (χ4n) is 1.78. The Morgan fingerprint density at radius 2 is 2.00 bits per heavy atom. The van der Waals surface area contributed by atoms with E-state index in [0.717, 1.165) is 0 Å². The van der Waals surface area contributed by atoms with Crippen molar-refractivity contribution in [2.45, 2.75) is 11.3 Å². The third kappa shape index (κ3) is 4.38. The van der Waals surface area contributed by atoms with Crippen molar-refractivity contribution in [2.75, 3.05) is 11.9 Å². The fraction of sp³-hybridized carbons (Fsp3) is 0.214. The molecule has 0 bridgehead atoms. The maximum absolute atomic E-state index is 12.0. The van der Waals surface area contributed by atoms with E-state index in [9.17, 15) is 13.2 Å². The van der Waals surface area contributed by atoms with E-state index in [1.807, 2.05) is 6.07 Å². The summed E-state index contributed by atoms with van der Waals surface area (Å²) in [6, 6.07) is 9.00. The molecule has 23 heavy (non-hydrogen) atoms. The molecule has 0 aliphatic rings. The van der Waals surface area contributed by atoms with Gasteiger partial charge < -0.3 is 5.32 Å². The van der Waals surface area contributed by atoms with Gasteiger partial charge in [0.25, 0.3) is 5.91 Å². The summed E-state index contributed by atoms with van der Waals surface area (Å²) in [6.45, 7) is 0.0424. The smallest absolute Gasteiger partial charge is 0.256 e. The van der Waals surface area contributed by atoms with Crippen molar-refractivity contribution in [3.05, 3.63) is 42.1 Å². The maximum atomic E-state index is 12.0. The molecule has 1 aromatic heterocycles. The lowest BCUT2D eigenvalue weighted by atomic mass is 10.2. The van der Waals surface area contributed by atoms with E-state index in [1.54, 1.807) is 24.0 Å². The number of carbonyl (C=O) groups is 1. The van der Waals surface area contributed by atoms with Crippen molar-refractivity contribution < 1.29 is 13.2 Å². The summed E-state index contributed by atoms with van der Waals surface area (Å²) in [5.74, 6) is 0.0254. The Hall–Kier alpha value is -2.70. The van der Waals surface area contributed by atoms with Gasteiger partial charge in [0.15, 0.2) is 5.82 Å². The van der Waals surface area contributed by atoms with Gasteiger partial charge in [-0.1, -0.05) is 0 Å². The number of benzene rings is 1. The van der Waals surface area contributed by atoms with Crippen LogP contribution in [0.2, 0.25) is 0 Å². The Morgan fingerprint density at radius 3 is 2.57 bits per heavy atom. The minimum Gasteiger partial charge on any atom is -0.305 e. The molecule has 2 N–H and O–H groups in total. The first-order valence-corrected chi connectivity index (χ1v) is 8.18. The third-order valence-electron chi connectivity index (χ3n) is 2.91. The molecule has 0 spiro atoms. The van der Waals surface area contributed by atoms with Crippen LogP contribution in [-0.2, 0) is 17.1 Å². The molecule has 0 saturated heterocycles. The SMILES string of the molecule is Cn1ccc(NC(=O)c2ccc(S(=O)(=O)NCCC#N)cc2)n1. The van der Waals surface area contributed by atoms with Gasteiger partial charge in [-0.05, 0) is 24.3 Å². The Bertz CT molecular complexity index is 834. The highest BCUT2D eigenvalue weighted by Crippen LogP contribution is 2.12. The van der Waals surface area contributed by atoms with Crippen LogP contribution in [0.3, 0.4) is 0 Å². The highest BCUT2D eigenvalue weighted by molar-refractivity contribution is 7.89. The Kier molecular flexibility index (Phi) is 5.10. The first-order chi connectivity index (χ1) is 10.9. The van der Waals surface area contributed by atoms with Gasteiger partial charge in [0, 0.05) is 37.8 Å². The molecule has 0 aliphatic carbocycles. The lowest BCUT2D eigenvalue weighted by molar-refractivity contribution is 0.102. The molecule has 9 heteroatoms. The topological polar surface area (TPSA) is 117 Å². The van der Waals surface area contributed by atoms with E-state index in [1.165, 1.54) is 24.3 Å². The molecule has 0 saturated carbocycles. The molecule has 1 aromatic carbocycles. The van der Waals surface area contributed by atoms with Crippen LogP contribution in [-0.4, -0.2) is 30.7 Å². The number of hydrogen-bond donors (Lipinski definition) is 2. The fourth-order valence-corrected chi connectivity index (χ4v) is 2.81. The summed E-state index contributed by atoms with van der Waals surface area (Å²) in [7, 11) is -1.95. The molecule has 0 unspecified atom stereocenters. The Balaban J connectivity index is 2.07. The first kappa shape index (κ1) is 16.7. The number of aryl methyl sites for hydroxylation is 1. The van der Waals surface area contributed by atoms with Crippen LogP contribution in [0, 0.1) is 11.3 Å². The molecule has 120 valence electrons. The van der Waals surface area contributed by atoms with Gasteiger partial charge in [0.1, 0.15) is 0 Å². The Morgan fingerprint density at radius 1 is 1.30 bits per heavy atom. The van der Waals surface area contributed by atoms with Crippen LogP contribution >= 0.6 is 0 Å². The zero-order valence-electron chi connectivity index (χ0n) is 12.4. The summed E-state index contributed by atoms with van der Waals surface area (Å²) >= 11 is 0. The molecular formula is C14H15N5O3S. The van der Waals surface area contributed by atoms with Crippen LogP contribution in [0.15, 0.2) is 41.4 Å². The average Bonchev–Trinajstić information content (AvgIpc) is 2.92. The molecule has 2 aromatic rings. The molecule has 0 aliphatic heterocycles. The second kappa shape index (κ2) is 7.04. The minimum absolute atomic E-state index is 0.0322. The number of nitrogens with zero attached hydrogens (tertiary/aromatic N) is 3. The van der Waals surface area contributed by atoms with Crippen molar-refractivity contribution >= 4 is 21.7 Å². The number of anilines is 1. The lowest BCUT2D eigenvalue weighted by Gasteiger charge is -2.06. The number of nitrogens with one attached hydrogen (secondary N) is 2. The number of carbonyl (C=O) groups excluding carboxylic acids is 1. The predicted molar refractivity (Wildman–Crippen MR) is 83.0 cm³/mol. The molecule has 8 nitrogen and oxygen atoms in total. The zero-order chi connectivity index (χ0) is 16.9. The van der Waals surface area contributed by atoms with E-state index in [2.05, 4.69) is 15.1 Å². The summed E-state index contributed by atoms with van der Waals surface area (Å²) < 4.78 is 27.8. The maximum Gasteiger partial charge on any atom is 0.256 e. The molecule has 0 radical (unpaired) electrons. The van der Waals surface area contributed by atoms with E-state index < -0.39 is 10.0 Å². The Labute approximate surface area is 133 Å². The number of rotatable bonds is 6. The third-order valence-corrected chi connectivity index (χ3v) is 4.39. The first-order valence-electron chi connectivity index (χ1n) is 6.70. The van der Waals surface area contributed by atoms with Crippen LogP contribution in [0.25, 0.3) is 0 Å². The summed E-state index contributed by atoms with van der Waals surface area (Å²) in [6.07, 6.45) is 1.78. The highest BCUT2D eigenvalue weighted by Gasteiger charge is 2.14. The van der Waals surface area contributed by atoms with Crippen molar-refractivity contribution in [3.63, 3.8) is 0 Å². The van der Waals surface area contributed by atoms with Gasteiger partial charge in [-0.3, -0.25) is 9.48 Å². The van der Waals surface area contributed by atoms with Crippen molar-refractivity contribution in [1.29, 1.82) is 5.26 Å². The zero-order valence-corrected chi connectivity index (χ0v) is 13.2. The lowest BCUT2D eigenvalue weighted by Crippen LogP contribution is -2.24. The molecule has 1 heterocycles. The minimum atomic E-state index is -3.68. The van der Waals surface area contributed by atoms with Crippen LogP contribution in [0.5, 0.6) is 0 Å². The van der Waals surface area contributed by atoms with Crippen molar-refractivity contribution in [1.82, 2.24) is 14.5 Å². The molecule has 1 amide bonds. The van der Waals surface area contributed by atoms with Gasteiger partial charge in [-0.2, -0.15) is 10.4 Å². The van der Waals surface area contributed by atoms with E-state index in [0.29, 0.717) is 11.4 Å². The van der Waals surface area contributed by atoms with Gasteiger partial charge in [-0.25, -0.2) is 13.1 Å². The van der Waals surface area contributed by atoms with Gasteiger partial charge in [0.2, 0.25) is 10.0 Å². The number of aromatic nitrogens is 2. The average molecular weight is 333 g/mol. The molecule has 2 rings (SSSR count). The van der Waals surface area contributed by atoms with Crippen molar-refractivity contribution in [3.8, 4) is 6.07 Å². The van der Waals surface area contributed by atoms with Gasteiger partial charge >= 0.3 is 0 Å². The number of amides is 1. The monoisotopic (exact) mass is 333 g/mol. The largest absolute Gasteiger partial charge is 0.305 e. The normalized spacial score (nSPS) is 11.0.